The monoisotopic (exact) mass is 382 g/mol. The fourth-order valence-corrected chi connectivity index (χ4v) is 3.83. The van der Waals surface area contributed by atoms with Crippen LogP contribution in [0.2, 0.25) is 0 Å². The van der Waals surface area contributed by atoms with Gasteiger partial charge in [-0.2, -0.15) is 0 Å². The topological polar surface area (TPSA) is 105 Å². The summed E-state index contributed by atoms with van der Waals surface area (Å²) in [5, 5.41) is 10.7. The van der Waals surface area contributed by atoms with Crippen molar-refractivity contribution in [3.05, 3.63) is 24.3 Å². The fourth-order valence-electron chi connectivity index (χ4n) is 3.31. The van der Waals surface area contributed by atoms with Crippen LogP contribution in [0.4, 0.5) is 10.5 Å². The fraction of sp³-hybridized carbons (Fsp3) is 0.611. The molecule has 1 atom stereocenters. The SMILES string of the molecule is CC(C)C(CNC(=O)Nc1ccc(S(N)(=O)=O)cc1)N1CCCCCC1. The molecule has 1 saturated heterocycles. The highest BCUT2D eigenvalue weighted by atomic mass is 32.2. The van der Waals surface area contributed by atoms with E-state index in [1.54, 1.807) is 0 Å². The summed E-state index contributed by atoms with van der Waals surface area (Å²) >= 11 is 0. The molecule has 1 fully saturated rings. The van der Waals surface area contributed by atoms with Crippen LogP contribution in [0.5, 0.6) is 0 Å². The summed E-state index contributed by atoms with van der Waals surface area (Å²) in [6.45, 7) is 7.11. The molecule has 1 unspecified atom stereocenters. The molecule has 0 radical (unpaired) electrons. The average molecular weight is 383 g/mol. The highest BCUT2D eigenvalue weighted by molar-refractivity contribution is 7.89. The molecule has 26 heavy (non-hydrogen) atoms. The summed E-state index contributed by atoms with van der Waals surface area (Å²) in [4.78, 5) is 14.7. The predicted octanol–water partition coefficient (Wildman–Crippen LogP) is 2.36. The van der Waals surface area contributed by atoms with E-state index in [9.17, 15) is 13.2 Å². The first kappa shape index (κ1) is 20.7. The van der Waals surface area contributed by atoms with Crippen molar-refractivity contribution in [1.29, 1.82) is 0 Å². The maximum absolute atomic E-state index is 12.2. The second-order valence-electron chi connectivity index (χ2n) is 7.17. The van der Waals surface area contributed by atoms with Crippen molar-refractivity contribution in [2.45, 2.75) is 50.5 Å². The van der Waals surface area contributed by atoms with Crippen molar-refractivity contribution in [3.63, 3.8) is 0 Å². The largest absolute Gasteiger partial charge is 0.336 e. The Labute approximate surface area is 156 Å². The third-order valence-electron chi connectivity index (χ3n) is 4.79. The Morgan fingerprint density at radius 3 is 2.19 bits per heavy atom. The summed E-state index contributed by atoms with van der Waals surface area (Å²) in [7, 11) is -3.73. The third-order valence-corrected chi connectivity index (χ3v) is 5.72. The Kier molecular flexibility index (Phi) is 7.43. The summed E-state index contributed by atoms with van der Waals surface area (Å²) in [5.74, 6) is 0.447. The van der Waals surface area contributed by atoms with Crippen LogP contribution < -0.4 is 15.8 Å². The highest BCUT2D eigenvalue weighted by Crippen LogP contribution is 2.17. The van der Waals surface area contributed by atoms with Gasteiger partial charge in [-0.25, -0.2) is 18.4 Å². The van der Waals surface area contributed by atoms with E-state index in [1.807, 2.05) is 0 Å². The molecule has 7 nitrogen and oxygen atoms in total. The standard InChI is InChI=1S/C18H30N4O3S/c1-14(2)17(22-11-5-3-4-6-12-22)13-20-18(23)21-15-7-9-16(10-8-15)26(19,24)25/h7-10,14,17H,3-6,11-13H2,1-2H3,(H2,19,24,25)(H2,20,21,23). The number of nitrogens with two attached hydrogens (primary N) is 1. The van der Waals surface area contributed by atoms with Gasteiger partial charge in [0.2, 0.25) is 10.0 Å². The lowest BCUT2D eigenvalue weighted by Crippen LogP contribution is -2.48. The van der Waals surface area contributed by atoms with Crippen molar-refractivity contribution in [2.24, 2.45) is 11.1 Å². The van der Waals surface area contributed by atoms with Crippen LogP contribution in [0.25, 0.3) is 0 Å². The number of amides is 2. The van der Waals surface area contributed by atoms with Gasteiger partial charge in [-0.3, -0.25) is 4.90 Å². The summed E-state index contributed by atoms with van der Waals surface area (Å²) < 4.78 is 22.5. The maximum Gasteiger partial charge on any atom is 0.319 e. The number of urea groups is 1. The highest BCUT2D eigenvalue weighted by Gasteiger charge is 2.23. The zero-order chi connectivity index (χ0) is 19.2. The van der Waals surface area contributed by atoms with E-state index < -0.39 is 10.0 Å². The number of carbonyl (C=O) groups is 1. The van der Waals surface area contributed by atoms with E-state index in [0.717, 1.165) is 13.1 Å². The minimum Gasteiger partial charge on any atom is -0.336 e. The molecule has 0 aromatic heterocycles. The summed E-state index contributed by atoms with van der Waals surface area (Å²) in [6, 6.07) is 5.80. The van der Waals surface area contributed by atoms with Crippen LogP contribution in [0.1, 0.15) is 39.5 Å². The van der Waals surface area contributed by atoms with Crippen molar-refractivity contribution >= 4 is 21.7 Å². The lowest BCUT2D eigenvalue weighted by molar-refractivity contribution is 0.158. The number of carbonyl (C=O) groups excluding carboxylic acids is 1. The van der Waals surface area contributed by atoms with Gasteiger partial charge in [0.25, 0.3) is 0 Å². The number of anilines is 1. The van der Waals surface area contributed by atoms with Gasteiger partial charge in [0, 0.05) is 18.3 Å². The van der Waals surface area contributed by atoms with E-state index in [1.165, 1.54) is 49.9 Å². The predicted molar refractivity (Wildman–Crippen MR) is 104 cm³/mol. The van der Waals surface area contributed by atoms with Crippen LogP contribution in [-0.4, -0.2) is 45.0 Å². The molecule has 4 N–H and O–H groups in total. The summed E-state index contributed by atoms with van der Waals surface area (Å²) in [6.07, 6.45) is 4.99. The first-order chi connectivity index (χ1) is 12.3. The Balaban J connectivity index is 1.89. The quantitative estimate of drug-likeness (QED) is 0.702. The Morgan fingerprint density at radius 1 is 1.12 bits per heavy atom. The molecule has 0 saturated carbocycles. The first-order valence-electron chi connectivity index (χ1n) is 9.19. The number of primary sulfonamides is 1. The van der Waals surface area contributed by atoms with E-state index >= 15 is 0 Å². The molecule has 2 rings (SSSR count). The number of sulfonamides is 1. The minimum absolute atomic E-state index is 0.0180. The number of nitrogens with one attached hydrogen (secondary N) is 2. The molecule has 1 aromatic rings. The van der Waals surface area contributed by atoms with Crippen molar-refractivity contribution in [3.8, 4) is 0 Å². The zero-order valence-electron chi connectivity index (χ0n) is 15.6. The average Bonchev–Trinajstić information content (AvgIpc) is 2.83. The van der Waals surface area contributed by atoms with Crippen molar-refractivity contribution < 1.29 is 13.2 Å². The number of rotatable bonds is 6. The maximum atomic E-state index is 12.2. The van der Waals surface area contributed by atoms with Crippen LogP contribution in [0.15, 0.2) is 29.2 Å². The molecule has 0 aliphatic carbocycles. The smallest absolute Gasteiger partial charge is 0.319 e. The van der Waals surface area contributed by atoms with Gasteiger partial charge in [-0.15, -0.1) is 0 Å². The number of likely N-dealkylation sites (tertiary alicyclic amines) is 1. The molecule has 1 aliphatic heterocycles. The Hall–Kier alpha value is -1.64. The van der Waals surface area contributed by atoms with Gasteiger partial charge in [0.05, 0.1) is 4.90 Å². The van der Waals surface area contributed by atoms with Gasteiger partial charge in [0.15, 0.2) is 0 Å². The molecular weight excluding hydrogens is 352 g/mol. The van der Waals surface area contributed by atoms with E-state index in [0.29, 0.717) is 24.2 Å². The Morgan fingerprint density at radius 2 is 1.69 bits per heavy atom. The van der Waals surface area contributed by atoms with E-state index in [-0.39, 0.29) is 10.9 Å². The lowest BCUT2D eigenvalue weighted by atomic mass is 10.0. The second-order valence-corrected chi connectivity index (χ2v) is 8.73. The second kappa shape index (κ2) is 9.34. The zero-order valence-corrected chi connectivity index (χ0v) is 16.4. The molecular formula is C18H30N4O3S. The normalized spacial score (nSPS) is 17.5. The van der Waals surface area contributed by atoms with Crippen LogP contribution in [0, 0.1) is 5.92 Å². The van der Waals surface area contributed by atoms with E-state index in [4.69, 9.17) is 5.14 Å². The van der Waals surface area contributed by atoms with E-state index in [2.05, 4.69) is 29.4 Å². The van der Waals surface area contributed by atoms with Crippen LogP contribution in [-0.2, 0) is 10.0 Å². The minimum atomic E-state index is -3.73. The molecule has 1 aromatic carbocycles. The molecule has 0 spiro atoms. The first-order valence-corrected chi connectivity index (χ1v) is 10.7. The number of hydrogen-bond acceptors (Lipinski definition) is 4. The molecule has 1 aliphatic rings. The summed E-state index contributed by atoms with van der Waals surface area (Å²) in [5.41, 5.74) is 0.519. The number of nitrogens with zero attached hydrogens (tertiary/aromatic N) is 1. The van der Waals surface area contributed by atoms with Crippen LogP contribution in [0.3, 0.4) is 0 Å². The third kappa shape index (κ3) is 6.26. The number of benzene rings is 1. The molecule has 2 amide bonds. The van der Waals surface area contributed by atoms with Gasteiger partial charge < -0.3 is 10.6 Å². The molecule has 0 bridgehead atoms. The number of hydrogen-bond donors (Lipinski definition) is 3. The molecule has 1 heterocycles. The van der Waals surface area contributed by atoms with Gasteiger partial charge in [-0.05, 0) is 56.1 Å². The van der Waals surface area contributed by atoms with Gasteiger partial charge in [0.1, 0.15) is 0 Å². The Bertz CT molecular complexity index is 681. The molecule has 146 valence electrons. The lowest BCUT2D eigenvalue weighted by Gasteiger charge is -2.33. The van der Waals surface area contributed by atoms with Crippen molar-refractivity contribution in [1.82, 2.24) is 10.2 Å². The van der Waals surface area contributed by atoms with Crippen molar-refractivity contribution in [2.75, 3.05) is 25.0 Å². The van der Waals surface area contributed by atoms with Crippen LogP contribution >= 0.6 is 0 Å². The van der Waals surface area contributed by atoms with Gasteiger partial charge >= 0.3 is 6.03 Å². The molecule has 8 heteroatoms. The van der Waals surface area contributed by atoms with Gasteiger partial charge in [-0.1, -0.05) is 26.7 Å².